The van der Waals surface area contributed by atoms with Crippen LogP contribution in [0.3, 0.4) is 0 Å². The Morgan fingerprint density at radius 3 is 1.62 bits per heavy atom. The fourth-order valence-corrected chi connectivity index (χ4v) is 2.34. The Labute approximate surface area is 151 Å². The number of hydrogen-bond donors (Lipinski definition) is 1. The van der Waals surface area contributed by atoms with Crippen molar-refractivity contribution in [1.29, 1.82) is 0 Å². The van der Waals surface area contributed by atoms with E-state index in [4.69, 9.17) is 18.9 Å². The molecule has 0 saturated carbocycles. The van der Waals surface area contributed by atoms with Gasteiger partial charge < -0.3 is 24.1 Å². The molecular formula is C19H20O7. The quantitative estimate of drug-likeness (QED) is 0.649. The van der Waals surface area contributed by atoms with Gasteiger partial charge in [0, 0.05) is 0 Å². The molecule has 0 amide bonds. The highest BCUT2D eigenvalue weighted by Gasteiger charge is 2.14. The molecule has 0 fully saturated rings. The number of aldehydes is 2. The van der Waals surface area contributed by atoms with Crippen molar-refractivity contribution in [2.24, 2.45) is 0 Å². The number of methoxy groups -OCH3 is 2. The maximum atomic E-state index is 11.0. The number of aliphatic hydroxyl groups excluding tert-OH is 1. The first-order valence-corrected chi connectivity index (χ1v) is 7.82. The first-order chi connectivity index (χ1) is 12.6. The first-order valence-electron chi connectivity index (χ1n) is 7.82. The minimum Gasteiger partial charge on any atom is -0.492 e. The Hall–Kier alpha value is -3.06. The molecule has 0 unspecified atom stereocenters. The molecule has 0 aliphatic carbocycles. The van der Waals surface area contributed by atoms with Crippen molar-refractivity contribution in [1.82, 2.24) is 0 Å². The van der Waals surface area contributed by atoms with Gasteiger partial charge in [0.2, 0.25) is 0 Å². The highest BCUT2D eigenvalue weighted by atomic mass is 16.5. The molecule has 0 spiro atoms. The van der Waals surface area contributed by atoms with E-state index in [0.29, 0.717) is 46.7 Å². The summed E-state index contributed by atoms with van der Waals surface area (Å²) >= 11 is 0. The van der Waals surface area contributed by atoms with Crippen LogP contribution in [-0.2, 0) is 0 Å². The smallest absolute Gasteiger partial charge is 0.171 e. The molecule has 7 nitrogen and oxygen atoms in total. The number of ether oxygens (including phenoxy) is 4. The van der Waals surface area contributed by atoms with Crippen molar-refractivity contribution < 1.29 is 33.6 Å². The Morgan fingerprint density at radius 2 is 1.27 bits per heavy atom. The number of carbonyl (C=O) groups excluding carboxylic acids is 2. The molecule has 0 radical (unpaired) electrons. The largest absolute Gasteiger partial charge is 0.492 e. The minimum atomic E-state index is -0.954. The molecule has 0 bridgehead atoms. The third-order valence-corrected chi connectivity index (χ3v) is 3.54. The lowest BCUT2D eigenvalue weighted by molar-refractivity contribution is 0.0606. The molecule has 138 valence electrons. The van der Waals surface area contributed by atoms with E-state index < -0.39 is 6.10 Å². The van der Waals surface area contributed by atoms with E-state index >= 15 is 0 Å². The highest BCUT2D eigenvalue weighted by molar-refractivity contribution is 5.81. The second kappa shape index (κ2) is 9.43. The summed E-state index contributed by atoms with van der Waals surface area (Å²) in [6.07, 6.45) is 0.374. The van der Waals surface area contributed by atoms with Crippen LogP contribution in [0.15, 0.2) is 36.4 Å². The molecule has 0 aromatic heterocycles. The second-order valence-electron chi connectivity index (χ2n) is 5.27. The van der Waals surface area contributed by atoms with Crippen molar-refractivity contribution in [2.75, 3.05) is 27.4 Å². The number of aliphatic hydroxyl groups is 1. The van der Waals surface area contributed by atoms with E-state index in [2.05, 4.69) is 0 Å². The third kappa shape index (κ3) is 4.52. The van der Waals surface area contributed by atoms with Crippen molar-refractivity contribution in [3.8, 4) is 23.0 Å². The third-order valence-electron chi connectivity index (χ3n) is 3.54. The van der Waals surface area contributed by atoms with Gasteiger partial charge in [-0.05, 0) is 24.3 Å². The second-order valence-corrected chi connectivity index (χ2v) is 5.27. The lowest BCUT2D eigenvalue weighted by atomic mass is 10.2. The van der Waals surface area contributed by atoms with Crippen LogP contribution in [0.5, 0.6) is 23.0 Å². The predicted octanol–water partition coefficient (Wildman–Crippen LogP) is 2.15. The van der Waals surface area contributed by atoms with Gasteiger partial charge in [-0.2, -0.15) is 0 Å². The minimum absolute atomic E-state index is 0.0750. The molecule has 2 rings (SSSR count). The zero-order valence-corrected chi connectivity index (χ0v) is 14.5. The fraction of sp³-hybridized carbons (Fsp3) is 0.263. The average Bonchev–Trinajstić information content (AvgIpc) is 2.69. The van der Waals surface area contributed by atoms with E-state index in [1.54, 1.807) is 36.4 Å². The zero-order chi connectivity index (χ0) is 18.9. The van der Waals surface area contributed by atoms with Crippen molar-refractivity contribution in [3.63, 3.8) is 0 Å². The number of para-hydroxylation sites is 2. The van der Waals surface area contributed by atoms with Crippen molar-refractivity contribution >= 4 is 12.6 Å². The van der Waals surface area contributed by atoms with Crippen LogP contribution in [-0.4, -0.2) is 51.2 Å². The first kappa shape index (κ1) is 19.3. The van der Waals surface area contributed by atoms with Gasteiger partial charge in [-0.15, -0.1) is 0 Å². The van der Waals surface area contributed by atoms with Gasteiger partial charge in [0.25, 0.3) is 0 Å². The molecule has 2 aromatic rings. The molecule has 2 aromatic carbocycles. The molecule has 0 aliphatic heterocycles. The van der Waals surface area contributed by atoms with Gasteiger partial charge in [-0.3, -0.25) is 9.59 Å². The summed E-state index contributed by atoms with van der Waals surface area (Å²) in [6.45, 7) is -0.150. The lowest BCUT2D eigenvalue weighted by Gasteiger charge is -2.17. The van der Waals surface area contributed by atoms with Gasteiger partial charge in [-0.1, -0.05) is 12.1 Å². The molecule has 7 heteroatoms. The fourth-order valence-electron chi connectivity index (χ4n) is 2.34. The van der Waals surface area contributed by atoms with Gasteiger partial charge in [-0.25, -0.2) is 0 Å². The summed E-state index contributed by atoms with van der Waals surface area (Å²) in [5, 5.41) is 10.1. The van der Waals surface area contributed by atoms with E-state index in [1.807, 2.05) is 0 Å². The molecule has 0 aliphatic rings. The van der Waals surface area contributed by atoms with Crippen LogP contribution in [0.25, 0.3) is 0 Å². The normalized spacial score (nSPS) is 10.3. The van der Waals surface area contributed by atoms with Crippen LogP contribution in [0.4, 0.5) is 0 Å². The van der Waals surface area contributed by atoms with Crippen LogP contribution in [0.1, 0.15) is 20.7 Å². The maximum absolute atomic E-state index is 11.0. The Balaban J connectivity index is 1.97. The van der Waals surface area contributed by atoms with Gasteiger partial charge in [0.1, 0.15) is 19.3 Å². The summed E-state index contributed by atoms with van der Waals surface area (Å²) in [5.41, 5.74) is 0.706. The summed E-state index contributed by atoms with van der Waals surface area (Å²) in [5.74, 6) is 1.29. The van der Waals surface area contributed by atoms with Crippen LogP contribution in [0.2, 0.25) is 0 Å². The van der Waals surface area contributed by atoms with Gasteiger partial charge in [0.15, 0.2) is 35.6 Å². The molecule has 1 N–H and O–H groups in total. The average molecular weight is 360 g/mol. The standard InChI is InChI=1S/C19H20O7/c1-23-18-13(9-20)5-3-7-16(18)25-11-15(22)12-26-17-8-4-6-14(10-21)19(17)24-2/h3-10,15,22H,11-12H2,1-2H3. The number of carbonyl (C=O) groups is 2. The van der Waals surface area contributed by atoms with E-state index in [-0.39, 0.29) is 13.2 Å². The molecular weight excluding hydrogens is 340 g/mol. The highest BCUT2D eigenvalue weighted by Crippen LogP contribution is 2.31. The lowest BCUT2D eigenvalue weighted by Crippen LogP contribution is -2.25. The van der Waals surface area contributed by atoms with Gasteiger partial charge >= 0.3 is 0 Å². The number of benzene rings is 2. The van der Waals surface area contributed by atoms with Gasteiger partial charge in [0.05, 0.1) is 25.3 Å². The SMILES string of the molecule is COc1c(C=O)cccc1OCC(O)COc1cccc(C=O)c1OC. The monoisotopic (exact) mass is 360 g/mol. The van der Waals surface area contributed by atoms with Crippen molar-refractivity contribution in [3.05, 3.63) is 47.5 Å². The van der Waals surface area contributed by atoms with E-state index in [9.17, 15) is 14.7 Å². The number of rotatable bonds is 10. The predicted molar refractivity (Wildman–Crippen MR) is 93.8 cm³/mol. The zero-order valence-electron chi connectivity index (χ0n) is 14.5. The summed E-state index contributed by atoms with van der Waals surface area (Å²) in [4.78, 5) is 22.0. The summed E-state index contributed by atoms with van der Waals surface area (Å²) < 4.78 is 21.4. The van der Waals surface area contributed by atoms with Crippen LogP contribution >= 0.6 is 0 Å². The van der Waals surface area contributed by atoms with E-state index in [1.165, 1.54) is 14.2 Å². The number of hydrogen-bond acceptors (Lipinski definition) is 7. The maximum Gasteiger partial charge on any atom is 0.171 e. The molecule has 0 atom stereocenters. The van der Waals surface area contributed by atoms with Crippen LogP contribution in [0, 0.1) is 0 Å². The van der Waals surface area contributed by atoms with E-state index in [0.717, 1.165) is 0 Å². The van der Waals surface area contributed by atoms with Crippen molar-refractivity contribution in [2.45, 2.75) is 6.10 Å². The van der Waals surface area contributed by atoms with Crippen LogP contribution < -0.4 is 18.9 Å². The molecule has 0 saturated heterocycles. The Morgan fingerprint density at radius 1 is 0.846 bits per heavy atom. The molecule has 26 heavy (non-hydrogen) atoms. The summed E-state index contributed by atoms with van der Waals surface area (Å²) in [7, 11) is 2.86. The topological polar surface area (TPSA) is 91.3 Å². The Kier molecular flexibility index (Phi) is 6.99. The summed E-state index contributed by atoms with van der Waals surface area (Å²) in [6, 6.07) is 9.78. The Bertz CT molecular complexity index is 694. The molecule has 0 heterocycles.